The Labute approximate surface area is 162 Å². The second-order valence-corrected chi connectivity index (χ2v) is 7.05. The van der Waals surface area contributed by atoms with Crippen LogP contribution in [0.25, 0.3) is 6.08 Å². The van der Waals surface area contributed by atoms with E-state index in [2.05, 4.69) is 10.2 Å². The average Bonchev–Trinajstić information content (AvgIpc) is 3.30. The maximum absolute atomic E-state index is 13.0. The molecule has 0 radical (unpaired) electrons. The number of rotatable bonds is 3. The highest BCUT2D eigenvalue weighted by Crippen LogP contribution is 2.26. The van der Waals surface area contributed by atoms with Crippen molar-refractivity contribution in [1.82, 2.24) is 5.32 Å². The Bertz CT molecular complexity index is 957. The van der Waals surface area contributed by atoms with Crippen LogP contribution < -0.4 is 15.1 Å². The molecule has 7 heteroatoms. The Hall–Kier alpha value is -2.93. The molecular formula is C20H19N3O3S. The van der Waals surface area contributed by atoms with Crippen LogP contribution in [0.4, 0.5) is 11.6 Å². The lowest BCUT2D eigenvalue weighted by molar-refractivity contribution is -0.122. The van der Waals surface area contributed by atoms with E-state index in [-0.39, 0.29) is 10.7 Å². The first-order valence-corrected chi connectivity index (χ1v) is 9.27. The summed E-state index contributed by atoms with van der Waals surface area (Å²) >= 11 is 5.22. The van der Waals surface area contributed by atoms with Gasteiger partial charge < -0.3 is 9.32 Å². The van der Waals surface area contributed by atoms with Gasteiger partial charge in [-0.15, -0.1) is 0 Å². The van der Waals surface area contributed by atoms with Crippen molar-refractivity contribution < 1.29 is 14.0 Å². The zero-order valence-electron chi connectivity index (χ0n) is 14.9. The van der Waals surface area contributed by atoms with Crippen molar-refractivity contribution in [2.24, 2.45) is 0 Å². The van der Waals surface area contributed by atoms with Gasteiger partial charge in [0, 0.05) is 19.2 Å². The quantitative estimate of drug-likeness (QED) is 0.503. The third-order valence-electron chi connectivity index (χ3n) is 4.68. The van der Waals surface area contributed by atoms with Crippen LogP contribution in [0.15, 0.2) is 46.4 Å². The zero-order valence-corrected chi connectivity index (χ0v) is 15.7. The Morgan fingerprint density at radius 1 is 1.15 bits per heavy atom. The molecule has 0 atom stereocenters. The summed E-state index contributed by atoms with van der Waals surface area (Å²) in [5.41, 5.74) is 1.60. The topological polar surface area (TPSA) is 65.8 Å². The highest BCUT2D eigenvalue weighted by atomic mass is 32.1. The number of anilines is 2. The van der Waals surface area contributed by atoms with Crippen LogP contribution in [0.2, 0.25) is 0 Å². The molecule has 6 nitrogen and oxygen atoms in total. The molecule has 2 saturated heterocycles. The normalized spacial score (nSPS) is 19.1. The van der Waals surface area contributed by atoms with Crippen molar-refractivity contribution in [3.05, 3.63) is 53.3 Å². The molecule has 4 rings (SSSR count). The maximum atomic E-state index is 13.0. The van der Waals surface area contributed by atoms with Gasteiger partial charge in [-0.2, -0.15) is 0 Å². The van der Waals surface area contributed by atoms with Crippen molar-refractivity contribution >= 4 is 46.8 Å². The van der Waals surface area contributed by atoms with Crippen molar-refractivity contribution in [3.8, 4) is 0 Å². The molecule has 2 amide bonds. The van der Waals surface area contributed by atoms with Gasteiger partial charge >= 0.3 is 0 Å². The highest BCUT2D eigenvalue weighted by molar-refractivity contribution is 7.80. The molecule has 138 valence electrons. The van der Waals surface area contributed by atoms with Crippen LogP contribution in [-0.2, 0) is 9.59 Å². The summed E-state index contributed by atoms with van der Waals surface area (Å²) in [7, 11) is 0. The van der Waals surface area contributed by atoms with Gasteiger partial charge in [0.1, 0.15) is 11.3 Å². The van der Waals surface area contributed by atoms with E-state index in [1.807, 2.05) is 31.2 Å². The van der Waals surface area contributed by atoms with E-state index >= 15 is 0 Å². The number of amides is 2. The monoisotopic (exact) mass is 381 g/mol. The lowest BCUT2D eigenvalue weighted by atomic mass is 10.1. The van der Waals surface area contributed by atoms with E-state index in [1.54, 1.807) is 12.1 Å². The fourth-order valence-electron chi connectivity index (χ4n) is 3.33. The van der Waals surface area contributed by atoms with Gasteiger partial charge in [0.15, 0.2) is 11.0 Å². The summed E-state index contributed by atoms with van der Waals surface area (Å²) in [6, 6.07) is 11.0. The molecule has 0 saturated carbocycles. The summed E-state index contributed by atoms with van der Waals surface area (Å²) in [4.78, 5) is 28.8. The van der Waals surface area contributed by atoms with Gasteiger partial charge in [-0.25, -0.2) is 0 Å². The van der Waals surface area contributed by atoms with Crippen molar-refractivity contribution in [3.63, 3.8) is 0 Å². The number of thiocarbonyl (C=S) groups is 1. The molecule has 27 heavy (non-hydrogen) atoms. The maximum Gasteiger partial charge on any atom is 0.270 e. The molecule has 0 aliphatic carbocycles. The van der Waals surface area contributed by atoms with E-state index in [9.17, 15) is 9.59 Å². The minimum Gasteiger partial charge on any atom is -0.441 e. The third kappa shape index (κ3) is 3.38. The summed E-state index contributed by atoms with van der Waals surface area (Å²) in [5.74, 6) is 0.239. The average molecular weight is 381 g/mol. The summed E-state index contributed by atoms with van der Waals surface area (Å²) in [6.07, 6.45) is 3.75. The number of benzene rings is 1. The molecule has 2 aliphatic heterocycles. The van der Waals surface area contributed by atoms with Crippen LogP contribution in [0.5, 0.6) is 0 Å². The van der Waals surface area contributed by atoms with Gasteiger partial charge in [-0.05, 0) is 61.8 Å². The fraction of sp³-hybridized carbons (Fsp3) is 0.250. The van der Waals surface area contributed by atoms with Crippen LogP contribution in [0, 0.1) is 6.92 Å². The molecule has 2 aromatic rings. The van der Waals surface area contributed by atoms with Gasteiger partial charge in [-0.3, -0.25) is 19.8 Å². The molecule has 2 fully saturated rings. The van der Waals surface area contributed by atoms with Gasteiger partial charge in [0.05, 0.1) is 5.69 Å². The molecule has 0 unspecified atom stereocenters. The summed E-state index contributed by atoms with van der Waals surface area (Å²) in [6.45, 7) is 3.84. The smallest absolute Gasteiger partial charge is 0.270 e. The van der Waals surface area contributed by atoms with E-state index in [1.165, 1.54) is 11.0 Å². The van der Waals surface area contributed by atoms with Crippen LogP contribution in [0.3, 0.4) is 0 Å². The molecule has 1 N–H and O–H groups in total. The molecule has 3 heterocycles. The molecular weight excluding hydrogens is 362 g/mol. The van der Waals surface area contributed by atoms with Crippen LogP contribution in [0.1, 0.15) is 24.2 Å². The Balaban J connectivity index is 1.65. The molecule has 0 bridgehead atoms. The second-order valence-electron chi connectivity index (χ2n) is 6.67. The number of furan rings is 1. The lowest BCUT2D eigenvalue weighted by Crippen LogP contribution is -2.54. The number of hydrogen-bond donors (Lipinski definition) is 1. The first kappa shape index (κ1) is 17.5. The van der Waals surface area contributed by atoms with E-state index in [0.717, 1.165) is 37.4 Å². The van der Waals surface area contributed by atoms with Gasteiger partial charge in [-0.1, -0.05) is 12.1 Å². The largest absolute Gasteiger partial charge is 0.441 e. The Kier molecular flexibility index (Phi) is 4.53. The summed E-state index contributed by atoms with van der Waals surface area (Å²) in [5, 5.41) is 2.66. The Morgan fingerprint density at radius 2 is 1.93 bits per heavy atom. The molecule has 1 aromatic heterocycles. The van der Waals surface area contributed by atoms with Crippen LogP contribution in [-0.4, -0.2) is 30.0 Å². The van der Waals surface area contributed by atoms with Gasteiger partial charge in [0.2, 0.25) is 0 Å². The highest BCUT2D eigenvalue weighted by Gasteiger charge is 2.34. The summed E-state index contributed by atoms with van der Waals surface area (Å²) < 4.78 is 5.82. The Morgan fingerprint density at radius 3 is 2.67 bits per heavy atom. The van der Waals surface area contributed by atoms with Gasteiger partial charge in [0.25, 0.3) is 11.8 Å². The number of nitrogens with one attached hydrogen (secondary N) is 1. The number of carbonyl (C=O) groups is 2. The van der Waals surface area contributed by atoms with E-state index < -0.39 is 11.8 Å². The first-order valence-electron chi connectivity index (χ1n) is 8.86. The van der Waals surface area contributed by atoms with Crippen molar-refractivity contribution in [1.29, 1.82) is 0 Å². The van der Waals surface area contributed by atoms with E-state index in [0.29, 0.717) is 11.4 Å². The van der Waals surface area contributed by atoms with Crippen LogP contribution >= 0.6 is 12.2 Å². The first-order chi connectivity index (χ1) is 13.0. The number of aryl methyl sites for hydroxylation is 1. The zero-order chi connectivity index (χ0) is 19.0. The number of nitrogens with zero attached hydrogens (tertiary/aromatic N) is 2. The minimum atomic E-state index is -0.520. The standard InChI is InChI=1S/C20H19N3O3S/c1-13-5-4-6-14(11-13)23-19(25)16(18(24)21-20(23)27)12-15-7-8-17(26-15)22-9-2-3-10-22/h4-8,11-12H,2-3,9-10H2,1H3,(H,21,24,27). The van der Waals surface area contributed by atoms with Crippen molar-refractivity contribution in [2.75, 3.05) is 22.9 Å². The lowest BCUT2D eigenvalue weighted by Gasteiger charge is -2.29. The third-order valence-corrected chi connectivity index (χ3v) is 4.96. The van der Waals surface area contributed by atoms with E-state index in [4.69, 9.17) is 16.6 Å². The number of hydrogen-bond acceptors (Lipinski definition) is 5. The second kappa shape index (κ2) is 7.00. The SMILES string of the molecule is Cc1cccc(N2C(=O)C(=Cc3ccc(N4CCCC4)o3)C(=O)NC2=S)c1. The molecule has 1 aromatic carbocycles. The molecule has 0 spiro atoms. The minimum absolute atomic E-state index is 0.00701. The predicted octanol–water partition coefficient (Wildman–Crippen LogP) is 3.02. The van der Waals surface area contributed by atoms with Crippen molar-refractivity contribution in [2.45, 2.75) is 19.8 Å². The predicted molar refractivity (Wildman–Crippen MR) is 108 cm³/mol. The molecule has 2 aliphatic rings. The number of carbonyl (C=O) groups excluding carboxylic acids is 2. The fourth-order valence-corrected chi connectivity index (χ4v) is 3.61.